The van der Waals surface area contributed by atoms with E-state index >= 15 is 0 Å². The van der Waals surface area contributed by atoms with E-state index < -0.39 is 6.10 Å². The van der Waals surface area contributed by atoms with Crippen molar-refractivity contribution in [3.8, 4) is 5.75 Å². The van der Waals surface area contributed by atoms with Crippen molar-refractivity contribution in [2.75, 3.05) is 20.7 Å². The molecule has 1 atom stereocenters. The van der Waals surface area contributed by atoms with Crippen molar-refractivity contribution in [2.45, 2.75) is 39.2 Å². The number of nitrogens with one attached hydrogen (secondary N) is 1. The average Bonchev–Trinajstić information content (AvgIpc) is 2.27. The lowest BCUT2D eigenvalue weighted by atomic mass is 9.83. The van der Waals surface area contributed by atoms with E-state index in [1.807, 2.05) is 20.0 Å². The second-order valence-electron chi connectivity index (χ2n) is 5.76. The van der Waals surface area contributed by atoms with Gasteiger partial charge in [-0.15, -0.1) is 0 Å². The van der Waals surface area contributed by atoms with E-state index in [4.69, 9.17) is 4.74 Å². The van der Waals surface area contributed by atoms with Crippen molar-refractivity contribution in [1.82, 2.24) is 5.32 Å². The molecule has 102 valence electrons. The Bertz CT molecular complexity index is 408. The van der Waals surface area contributed by atoms with E-state index in [9.17, 15) is 5.11 Å². The Labute approximate surface area is 110 Å². The molecule has 2 N–H and O–H groups in total. The van der Waals surface area contributed by atoms with Gasteiger partial charge in [-0.25, -0.2) is 0 Å². The third-order valence-corrected chi connectivity index (χ3v) is 3.03. The molecule has 0 aliphatic carbocycles. The lowest BCUT2D eigenvalue weighted by molar-refractivity contribution is 0.173. The fourth-order valence-electron chi connectivity index (χ4n) is 2.14. The van der Waals surface area contributed by atoms with Gasteiger partial charge in [0.1, 0.15) is 5.75 Å². The van der Waals surface area contributed by atoms with Crippen LogP contribution >= 0.6 is 0 Å². The van der Waals surface area contributed by atoms with Crippen molar-refractivity contribution >= 4 is 0 Å². The summed E-state index contributed by atoms with van der Waals surface area (Å²) in [6.45, 7) is 9.02. The van der Waals surface area contributed by atoms with Gasteiger partial charge < -0.3 is 15.2 Å². The molecule has 0 spiro atoms. The fraction of sp³-hybridized carbons (Fsp3) is 0.600. The highest BCUT2D eigenvalue weighted by molar-refractivity contribution is 5.48. The molecule has 1 aromatic rings. The topological polar surface area (TPSA) is 41.5 Å². The molecule has 1 aromatic carbocycles. The third kappa shape index (κ3) is 3.24. The molecule has 0 saturated carbocycles. The molecule has 1 unspecified atom stereocenters. The van der Waals surface area contributed by atoms with Gasteiger partial charge >= 0.3 is 0 Å². The normalized spacial score (nSPS) is 13.5. The van der Waals surface area contributed by atoms with Crippen molar-refractivity contribution in [2.24, 2.45) is 0 Å². The molecule has 0 bridgehead atoms. The number of hydrogen-bond donors (Lipinski definition) is 2. The SMILES string of the molecule is CNCC(O)c1cc(C)cc(C(C)(C)C)c1OC. The quantitative estimate of drug-likeness (QED) is 0.864. The highest BCUT2D eigenvalue weighted by atomic mass is 16.5. The number of likely N-dealkylation sites (N-methyl/N-ethyl adjacent to an activating group) is 1. The maximum absolute atomic E-state index is 10.2. The van der Waals surface area contributed by atoms with E-state index in [-0.39, 0.29) is 5.41 Å². The summed E-state index contributed by atoms with van der Waals surface area (Å²) in [6, 6.07) is 4.13. The fourth-order valence-corrected chi connectivity index (χ4v) is 2.14. The van der Waals surface area contributed by atoms with Crippen LogP contribution < -0.4 is 10.1 Å². The Kier molecular flexibility index (Phi) is 4.77. The van der Waals surface area contributed by atoms with Crippen LogP contribution in [-0.4, -0.2) is 25.8 Å². The number of aliphatic hydroxyl groups is 1. The van der Waals surface area contributed by atoms with Gasteiger partial charge in [0.05, 0.1) is 13.2 Å². The van der Waals surface area contributed by atoms with Gasteiger partial charge in [0, 0.05) is 17.7 Å². The van der Waals surface area contributed by atoms with Crippen molar-refractivity contribution < 1.29 is 9.84 Å². The molecule has 3 nitrogen and oxygen atoms in total. The number of aliphatic hydroxyl groups excluding tert-OH is 1. The Morgan fingerprint density at radius 1 is 1.33 bits per heavy atom. The second kappa shape index (κ2) is 5.72. The Morgan fingerprint density at radius 2 is 1.94 bits per heavy atom. The van der Waals surface area contributed by atoms with Gasteiger partial charge in [0.25, 0.3) is 0 Å². The van der Waals surface area contributed by atoms with Gasteiger partial charge in [0.2, 0.25) is 0 Å². The zero-order valence-corrected chi connectivity index (χ0v) is 12.3. The minimum absolute atomic E-state index is 0.00846. The predicted octanol–water partition coefficient (Wildman–Crippen LogP) is 2.55. The summed E-state index contributed by atoms with van der Waals surface area (Å²) in [5.74, 6) is 0.802. The van der Waals surface area contributed by atoms with E-state index in [0.717, 1.165) is 22.4 Å². The van der Waals surface area contributed by atoms with Crippen LogP contribution in [0, 0.1) is 6.92 Å². The first-order valence-corrected chi connectivity index (χ1v) is 6.33. The summed E-state index contributed by atoms with van der Waals surface area (Å²) in [7, 11) is 3.49. The maximum atomic E-state index is 10.2. The summed E-state index contributed by atoms with van der Waals surface area (Å²) in [5.41, 5.74) is 3.13. The Hall–Kier alpha value is -1.06. The molecule has 0 fully saturated rings. The first-order valence-electron chi connectivity index (χ1n) is 6.33. The van der Waals surface area contributed by atoms with Gasteiger partial charge in [-0.2, -0.15) is 0 Å². The lowest BCUT2D eigenvalue weighted by Crippen LogP contribution is -2.20. The zero-order valence-electron chi connectivity index (χ0n) is 12.3. The summed E-state index contributed by atoms with van der Waals surface area (Å²) < 4.78 is 5.54. The smallest absolute Gasteiger partial charge is 0.128 e. The Morgan fingerprint density at radius 3 is 2.39 bits per heavy atom. The molecule has 0 radical (unpaired) electrons. The first-order chi connectivity index (χ1) is 8.31. The van der Waals surface area contributed by atoms with Crippen molar-refractivity contribution in [3.05, 3.63) is 28.8 Å². The van der Waals surface area contributed by atoms with Crippen LogP contribution in [0.5, 0.6) is 5.75 Å². The molecule has 0 heterocycles. The van der Waals surface area contributed by atoms with Crippen LogP contribution in [0.3, 0.4) is 0 Å². The van der Waals surface area contributed by atoms with Gasteiger partial charge in [0.15, 0.2) is 0 Å². The summed E-state index contributed by atoms with van der Waals surface area (Å²) >= 11 is 0. The molecular formula is C15H25NO2. The number of benzene rings is 1. The lowest BCUT2D eigenvalue weighted by Gasteiger charge is -2.26. The summed E-state index contributed by atoms with van der Waals surface area (Å²) in [6.07, 6.45) is -0.550. The van der Waals surface area contributed by atoms with E-state index in [1.54, 1.807) is 7.11 Å². The number of rotatable bonds is 4. The highest BCUT2D eigenvalue weighted by Gasteiger charge is 2.24. The van der Waals surface area contributed by atoms with Crippen LogP contribution in [0.2, 0.25) is 0 Å². The van der Waals surface area contributed by atoms with Crippen LogP contribution in [0.15, 0.2) is 12.1 Å². The first kappa shape index (κ1) is 15.0. The van der Waals surface area contributed by atoms with E-state index in [2.05, 4.69) is 32.2 Å². The molecular weight excluding hydrogens is 226 g/mol. The minimum Gasteiger partial charge on any atom is -0.496 e. The van der Waals surface area contributed by atoms with Crippen LogP contribution in [0.4, 0.5) is 0 Å². The highest BCUT2D eigenvalue weighted by Crippen LogP contribution is 2.37. The summed E-state index contributed by atoms with van der Waals surface area (Å²) in [4.78, 5) is 0. The second-order valence-corrected chi connectivity index (χ2v) is 5.76. The van der Waals surface area contributed by atoms with E-state index in [1.165, 1.54) is 0 Å². The molecule has 3 heteroatoms. The molecule has 0 aliphatic heterocycles. The molecule has 0 saturated heterocycles. The van der Waals surface area contributed by atoms with Crippen molar-refractivity contribution in [1.29, 1.82) is 0 Å². The number of ether oxygens (including phenoxy) is 1. The molecule has 0 aliphatic rings. The molecule has 0 amide bonds. The summed E-state index contributed by atoms with van der Waals surface area (Å²) in [5, 5.41) is 13.2. The monoisotopic (exact) mass is 251 g/mol. The predicted molar refractivity (Wildman–Crippen MR) is 75.3 cm³/mol. The number of methoxy groups -OCH3 is 1. The van der Waals surface area contributed by atoms with Gasteiger partial charge in [-0.1, -0.05) is 32.4 Å². The third-order valence-electron chi connectivity index (χ3n) is 3.03. The zero-order chi connectivity index (χ0) is 13.9. The number of aryl methyl sites for hydroxylation is 1. The standard InChI is InChI=1S/C15H25NO2/c1-10-7-11(13(17)9-16-5)14(18-6)12(8-10)15(2,3)4/h7-8,13,16-17H,9H2,1-6H3. The molecule has 0 aromatic heterocycles. The van der Waals surface area contributed by atoms with Gasteiger partial charge in [-0.05, 0) is 25.5 Å². The molecule has 18 heavy (non-hydrogen) atoms. The van der Waals surface area contributed by atoms with Gasteiger partial charge in [-0.3, -0.25) is 0 Å². The van der Waals surface area contributed by atoms with Crippen molar-refractivity contribution in [3.63, 3.8) is 0 Å². The Balaban J connectivity index is 3.38. The number of hydrogen-bond acceptors (Lipinski definition) is 3. The average molecular weight is 251 g/mol. The van der Waals surface area contributed by atoms with E-state index in [0.29, 0.717) is 6.54 Å². The van der Waals surface area contributed by atoms with Crippen LogP contribution in [-0.2, 0) is 5.41 Å². The maximum Gasteiger partial charge on any atom is 0.128 e. The van der Waals surface area contributed by atoms with Crippen LogP contribution in [0.1, 0.15) is 43.6 Å². The largest absolute Gasteiger partial charge is 0.496 e. The van der Waals surface area contributed by atoms with Crippen LogP contribution in [0.25, 0.3) is 0 Å². The minimum atomic E-state index is -0.550. The molecule has 1 rings (SSSR count).